The minimum Gasteiger partial charge on any atom is -0.406 e. The summed E-state index contributed by atoms with van der Waals surface area (Å²) < 4.78 is 39.9. The van der Waals surface area contributed by atoms with Gasteiger partial charge in [0.25, 0.3) is 5.69 Å². The molecule has 0 heterocycles. The molecule has 0 bridgehead atoms. The highest BCUT2D eigenvalue weighted by atomic mass is 19.4. The molecule has 8 heteroatoms. The van der Waals surface area contributed by atoms with E-state index in [9.17, 15) is 28.1 Å². The number of carbonyl (C=O) groups is 1. The van der Waals surface area contributed by atoms with Crippen LogP contribution < -0.4 is 4.74 Å². The van der Waals surface area contributed by atoms with Crippen LogP contribution in [0.3, 0.4) is 0 Å². The van der Waals surface area contributed by atoms with E-state index in [4.69, 9.17) is 0 Å². The molecule has 0 spiro atoms. The first kappa shape index (κ1) is 15.5. The zero-order valence-electron chi connectivity index (χ0n) is 10.8. The highest BCUT2D eigenvalue weighted by Gasteiger charge is 2.30. The Labute approximate surface area is 122 Å². The number of alkyl halides is 3. The number of carbonyl (C=O) groups excluding carboxylic acids is 1. The molecule has 0 aliphatic heterocycles. The van der Waals surface area contributed by atoms with Crippen LogP contribution in [0.4, 0.5) is 18.9 Å². The molecule has 5 nitrogen and oxygen atoms in total. The van der Waals surface area contributed by atoms with Crippen LogP contribution in [0.5, 0.6) is 5.75 Å². The van der Waals surface area contributed by atoms with E-state index in [1.165, 1.54) is 30.3 Å². The van der Waals surface area contributed by atoms with Crippen molar-refractivity contribution in [2.24, 2.45) is 0 Å². The SMILES string of the molecule is O=Cc1cc(-c2ccc(OC(F)(F)F)cc2)ccc1[N+](=O)[O-]. The Morgan fingerprint density at radius 3 is 2.14 bits per heavy atom. The van der Waals surface area contributed by atoms with E-state index >= 15 is 0 Å². The van der Waals surface area contributed by atoms with E-state index in [1.54, 1.807) is 0 Å². The summed E-state index contributed by atoms with van der Waals surface area (Å²) in [7, 11) is 0. The van der Waals surface area contributed by atoms with Crippen molar-refractivity contribution in [1.82, 2.24) is 0 Å². The van der Waals surface area contributed by atoms with Gasteiger partial charge >= 0.3 is 6.36 Å². The van der Waals surface area contributed by atoms with Crippen LogP contribution in [0, 0.1) is 10.1 Å². The predicted octanol–water partition coefficient (Wildman–Crippen LogP) is 3.97. The average Bonchev–Trinajstić information content (AvgIpc) is 2.45. The summed E-state index contributed by atoms with van der Waals surface area (Å²) in [5, 5.41) is 10.7. The lowest BCUT2D eigenvalue weighted by Crippen LogP contribution is -2.16. The summed E-state index contributed by atoms with van der Waals surface area (Å²) in [6.45, 7) is 0. The maximum atomic E-state index is 12.1. The van der Waals surface area contributed by atoms with Crippen LogP contribution in [0.15, 0.2) is 42.5 Å². The van der Waals surface area contributed by atoms with Gasteiger partial charge in [-0.15, -0.1) is 13.2 Å². The molecule has 0 aliphatic carbocycles. The van der Waals surface area contributed by atoms with Gasteiger partial charge in [-0.2, -0.15) is 0 Å². The molecule has 2 aromatic carbocycles. The third-order valence-electron chi connectivity index (χ3n) is 2.77. The lowest BCUT2D eigenvalue weighted by atomic mass is 10.0. The number of hydrogen-bond donors (Lipinski definition) is 0. The van der Waals surface area contributed by atoms with Gasteiger partial charge < -0.3 is 4.74 Å². The standard InChI is InChI=1S/C14H8F3NO4/c15-14(16,17)22-12-4-1-9(2-5-12)10-3-6-13(18(20)21)11(7-10)8-19/h1-8H. The molecule has 0 unspecified atom stereocenters. The molecule has 0 saturated heterocycles. The molecule has 2 aromatic rings. The number of benzene rings is 2. The number of halogens is 3. The molecular formula is C14H8F3NO4. The largest absolute Gasteiger partial charge is 0.573 e. The van der Waals surface area contributed by atoms with Gasteiger partial charge in [-0.1, -0.05) is 12.1 Å². The fourth-order valence-corrected chi connectivity index (χ4v) is 1.84. The number of nitrogens with zero attached hydrogens (tertiary/aromatic N) is 1. The lowest BCUT2D eigenvalue weighted by molar-refractivity contribution is -0.385. The predicted molar refractivity (Wildman–Crippen MR) is 70.6 cm³/mol. The van der Waals surface area contributed by atoms with E-state index in [-0.39, 0.29) is 17.0 Å². The Morgan fingerprint density at radius 1 is 1.05 bits per heavy atom. The van der Waals surface area contributed by atoms with Gasteiger partial charge in [0.1, 0.15) is 5.75 Å². The smallest absolute Gasteiger partial charge is 0.406 e. The third-order valence-corrected chi connectivity index (χ3v) is 2.77. The first-order valence-electron chi connectivity index (χ1n) is 5.90. The molecule has 0 aliphatic rings. The van der Waals surface area contributed by atoms with Crippen molar-refractivity contribution in [1.29, 1.82) is 0 Å². The van der Waals surface area contributed by atoms with Gasteiger partial charge in [-0.3, -0.25) is 14.9 Å². The van der Waals surface area contributed by atoms with Gasteiger partial charge in [-0.25, -0.2) is 0 Å². The molecular weight excluding hydrogens is 303 g/mol. The average molecular weight is 311 g/mol. The molecule has 0 N–H and O–H groups in total. The first-order valence-corrected chi connectivity index (χ1v) is 5.90. The van der Waals surface area contributed by atoms with Crippen LogP contribution in [0.1, 0.15) is 10.4 Å². The summed E-state index contributed by atoms with van der Waals surface area (Å²) in [6, 6.07) is 8.82. The van der Waals surface area contributed by atoms with Crippen LogP contribution in [-0.4, -0.2) is 17.6 Å². The Hall–Kier alpha value is -2.90. The molecule has 0 amide bonds. The van der Waals surface area contributed by atoms with Crippen molar-refractivity contribution >= 4 is 12.0 Å². The van der Waals surface area contributed by atoms with E-state index < -0.39 is 11.3 Å². The maximum Gasteiger partial charge on any atom is 0.573 e. The van der Waals surface area contributed by atoms with Crippen molar-refractivity contribution in [3.05, 3.63) is 58.1 Å². The van der Waals surface area contributed by atoms with Crippen molar-refractivity contribution in [3.8, 4) is 16.9 Å². The lowest BCUT2D eigenvalue weighted by Gasteiger charge is -2.09. The topological polar surface area (TPSA) is 69.4 Å². The van der Waals surface area contributed by atoms with Crippen molar-refractivity contribution in [3.63, 3.8) is 0 Å². The quantitative estimate of drug-likeness (QED) is 0.486. The van der Waals surface area contributed by atoms with Crippen LogP contribution in [0.25, 0.3) is 11.1 Å². The summed E-state index contributed by atoms with van der Waals surface area (Å²) in [5.41, 5.74) is 0.507. The molecule has 0 atom stereocenters. The number of nitro benzene ring substituents is 1. The minimum atomic E-state index is -4.78. The Bertz CT molecular complexity index is 711. The van der Waals surface area contributed by atoms with Gasteiger partial charge in [0.05, 0.1) is 10.5 Å². The number of nitro groups is 1. The van der Waals surface area contributed by atoms with Crippen molar-refractivity contribution < 1.29 is 27.6 Å². The summed E-state index contributed by atoms with van der Waals surface area (Å²) in [6.07, 6.45) is -4.43. The van der Waals surface area contributed by atoms with Gasteiger partial charge in [0.2, 0.25) is 0 Å². The summed E-state index contributed by atoms with van der Waals surface area (Å²) >= 11 is 0. The van der Waals surface area contributed by atoms with Crippen molar-refractivity contribution in [2.75, 3.05) is 0 Å². The molecule has 0 radical (unpaired) electrons. The fourth-order valence-electron chi connectivity index (χ4n) is 1.84. The first-order chi connectivity index (χ1) is 10.3. The second-order valence-electron chi connectivity index (χ2n) is 4.22. The zero-order valence-corrected chi connectivity index (χ0v) is 10.8. The maximum absolute atomic E-state index is 12.1. The summed E-state index contributed by atoms with van der Waals surface area (Å²) in [5.74, 6) is -0.381. The number of rotatable bonds is 4. The number of aldehydes is 1. The van der Waals surface area contributed by atoms with Crippen molar-refractivity contribution in [2.45, 2.75) is 6.36 Å². The van der Waals surface area contributed by atoms with E-state index in [2.05, 4.69) is 4.74 Å². The number of hydrogen-bond acceptors (Lipinski definition) is 4. The van der Waals surface area contributed by atoms with E-state index in [1.807, 2.05) is 0 Å². The van der Waals surface area contributed by atoms with Gasteiger partial charge in [0, 0.05) is 6.07 Å². The molecule has 0 saturated carbocycles. The molecule has 0 aromatic heterocycles. The highest BCUT2D eigenvalue weighted by molar-refractivity contribution is 5.84. The van der Waals surface area contributed by atoms with Crippen LogP contribution in [-0.2, 0) is 0 Å². The van der Waals surface area contributed by atoms with Crippen LogP contribution >= 0.6 is 0 Å². The van der Waals surface area contributed by atoms with E-state index in [0.29, 0.717) is 17.4 Å². The summed E-state index contributed by atoms with van der Waals surface area (Å²) in [4.78, 5) is 20.9. The van der Waals surface area contributed by atoms with Crippen LogP contribution in [0.2, 0.25) is 0 Å². The second kappa shape index (κ2) is 5.84. The Morgan fingerprint density at radius 2 is 1.64 bits per heavy atom. The Kier molecular flexibility index (Phi) is 4.11. The highest BCUT2D eigenvalue weighted by Crippen LogP contribution is 2.29. The van der Waals surface area contributed by atoms with E-state index in [0.717, 1.165) is 12.1 Å². The third kappa shape index (κ3) is 3.60. The minimum absolute atomic E-state index is 0.113. The van der Waals surface area contributed by atoms with Gasteiger partial charge in [-0.05, 0) is 35.4 Å². The molecule has 22 heavy (non-hydrogen) atoms. The normalized spacial score (nSPS) is 11.0. The monoisotopic (exact) mass is 311 g/mol. The molecule has 2 rings (SSSR count). The molecule has 0 fully saturated rings. The fraction of sp³-hybridized carbons (Fsp3) is 0.0714. The zero-order chi connectivity index (χ0) is 16.3. The Balaban J connectivity index is 2.32. The molecule has 114 valence electrons. The second-order valence-corrected chi connectivity index (χ2v) is 4.22. The number of ether oxygens (including phenoxy) is 1. The van der Waals surface area contributed by atoms with Gasteiger partial charge in [0.15, 0.2) is 6.29 Å².